The Kier molecular flexibility index (Phi) is 3.44. The lowest BCUT2D eigenvalue weighted by molar-refractivity contribution is 0.603. The Labute approximate surface area is 114 Å². The van der Waals surface area contributed by atoms with Crippen LogP contribution in [0, 0.1) is 11.3 Å². The first-order chi connectivity index (χ1) is 8.45. The smallest absolute Gasteiger partial charge is 0.186 e. The number of rotatable bonds is 2. The van der Waals surface area contributed by atoms with Crippen molar-refractivity contribution in [2.45, 2.75) is 4.21 Å². The van der Waals surface area contributed by atoms with Gasteiger partial charge in [0.1, 0.15) is 10.3 Å². The van der Waals surface area contributed by atoms with Gasteiger partial charge in [0.25, 0.3) is 0 Å². The Morgan fingerprint density at radius 2 is 1.94 bits per heavy atom. The molecule has 6 heteroatoms. The molecule has 0 saturated heterocycles. The van der Waals surface area contributed by atoms with Crippen LogP contribution in [0.5, 0.6) is 0 Å². The van der Waals surface area contributed by atoms with Gasteiger partial charge in [-0.3, -0.25) is 0 Å². The van der Waals surface area contributed by atoms with E-state index < -0.39 is 9.84 Å². The quantitative estimate of drug-likeness (QED) is 0.854. The highest BCUT2D eigenvalue weighted by molar-refractivity contribution is 7.92. The summed E-state index contributed by atoms with van der Waals surface area (Å²) in [6, 6.07) is 8.99. The molecular formula is C12H8ClNO2S2. The SMILES string of the molecule is CS(=O)(=O)c1scc(-c2ccccc2Cl)c1C#N. The van der Waals surface area contributed by atoms with E-state index in [2.05, 4.69) is 0 Å². The molecule has 3 nitrogen and oxygen atoms in total. The molecule has 0 atom stereocenters. The van der Waals surface area contributed by atoms with E-state index >= 15 is 0 Å². The fourth-order valence-electron chi connectivity index (χ4n) is 1.60. The molecule has 2 aromatic rings. The Balaban J connectivity index is 2.73. The number of sulfone groups is 1. The highest BCUT2D eigenvalue weighted by Crippen LogP contribution is 2.37. The molecule has 0 unspecified atom stereocenters. The van der Waals surface area contributed by atoms with Crippen molar-refractivity contribution in [1.29, 1.82) is 5.26 Å². The van der Waals surface area contributed by atoms with E-state index in [0.29, 0.717) is 16.1 Å². The van der Waals surface area contributed by atoms with Gasteiger partial charge in [0.2, 0.25) is 0 Å². The van der Waals surface area contributed by atoms with Crippen LogP contribution in [0.25, 0.3) is 11.1 Å². The zero-order valence-electron chi connectivity index (χ0n) is 9.34. The van der Waals surface area contributed by atoms with Crippen molar-refractivity contribution in [3.8, 4) is 17.2 Å². The van der Waals surface area contributed by atoms with Gasteiger partial charge in [0.15, 0.2) is 9.84 Å². The first-order valence-corrected chi connectivity index (χ1v) is 8.06. The van der Waals surface area contributed by atoms with Gasteiger partial charge in [0.05, 0.1) is 5.56 Å². The van der Waals surface area contributed by atoms with Gasteiger partial charge >= 0.3 is 0 Å². The van der Waals surface area contributed by atoms with E-state index in [9.17, 15) is 8.42 Å². The molecule has 1 aromatic heterocycles. The highest BCUT2D eigenvalue weighted by Gasteiger charge is 2.21. The topological polar surface area (TPSA) is 57.9 Å². The summed E-state index contributed by atoms with van der Waals surface area (Å²) in [6.45, 7) is 0. The molecule has 0 bridgehead atoms. The lowest BCUT2D eigenvalue weighted by Gasteiger charge is -2.02. The molecule has 92 valence electrons. The van der Waals surface area contributed by atoms with Crippen LogP contribution in [0.4, 0.5) is 0 Å². The number of thiophene rings is 1. The number of nitrogens with zero attached hydrogens (tertiary/aromatic N) is 1. The average molecular weight is 298 g/mol. The fourth-order valence-corrected chi connectivity index (χ4v) is 3.95. The third-order valence-corrected chi connectivity index (χ3v) is 5.55. The number of nitriles is 1. The van der Waals surface area contributed by atoms with Crippen LogP contribution < -0.4 is 0 Å². The third-order valence-electron chi connectivity index (χ3n) is 2.37. The van der Waals surface area contributed by atoms with Crippen molar-refractivity contribution in [2.75, 3.05) is 6.26 Å². The molecule has 1 aromatic carbocycles. The van der Waals surface area contributed by atoms with Crippen LogP contribution in [0.1, 0.15) is 5.56 Å². The largest absolute Gasteiger partial charge is 0.223 e. The lowest BCUT2D eigenvalue weighted by Crippen LogP contribution is -1.96. The fraction of sp³-hybridized carbons (Fsp3) is 0.0833. The zero-order valence-corrected chi connectivity index (χ0v) is 11.7. The van der Waals surface area contributed by atoms with Crippen molar-refractivity contribution in [3.63, 3.8) is 0 Å². The molecular weight excluding hydrogens is 290 g/mol. The summed E-state index contributed by atoms with van der Waals surface area (Å²) in [5, 5.41) is 11.3. The maximum Gasteiger partial charge on any atom is 0.186 e. The Hall–Kier alpha value is -1.35. The van der Waals surface area contributed by atoms with Gasteiger partial charge in [-0.05, 0) is 6.07 Å². The Morgan fingerprint density at radius 1 is 1.28 bits per heavy atom. The summed E-state index contributed by atoms with van der Waals surface area (Å²) >= 11 is 7.10. The van der Waals surface area contributed by atoms with Crippen LogP contribution in [0.15, 0.2) is 33.9 Å². The third kappa shape index (κ3) is 2.27. The Morgan fingerprint density at radius 3 is 2.50 bits per heavy atom. The van der Waals surface area contributed by atoms with Crippen LogP contribution in [0.2, 0.25) is 5.02 Å². The number of benzene rings is 1. The van der Waals surface area contributed by atoms with Gasteiger partial charge in [-0.2, -0.15) is 5.26 Å². The standard InChI is InChI=1S/C12H8ClNO2S2/c1-18(15,16)12-9(6-14)10(7-17-12)8-4-2-3-5-11(8)13/h2-5,7H,1H3. The van der Waals surface area contributed by atoms with Crippen molar-refractivity contribution < 1.29 is 8.42 Å². The first kappa shape index (κ1) is 13.1. The van der Waals surface area contributed by atoms with E-state index in [4.69, 9.17) is 16.9 Å². The molecule has 0 aliphatic heterocycles. The summed E-state index contributed by atoms with van der Waals surface area (Å²) in [5.74, 6) is 0. The molecule has 2 rings (SSSR count). The first-order valence-electron chi connectivity index (χ1n) is 4.91. The Bertz CT molecular complexity index is 742. The maximum absolute atomic E-state index is 11.6. The molecule has 0 radical (unpaired) electrons. The molecule has 0 aliphatic rings. The number of hydrogen-bond donors (Lipinski definition) is 0. The second kappa shape index (κ2) is 4.73. The minimum Gasteiger partial charge on any atom is -0.223 e. The van der Waals surface area contributed by atoms with Gasteiger partial charge in [-0.15, -0.1) is 11.3 Å². The van der Waals surface area contributed by atoms with E-state index in [1.807, 2.05) is 6.07 Å². The highest BCUT2D eigenvalue weighted by atomic mass is 35.5. The van der Waals surface area contributed by atoms with Crippen LogP contribution in [-0.4, -0.2) is 14.7 Å². The second-order valence-corrected chi connectivity index (χ2v) is 7.17. The molecule has 0 amide bonds. The summed E-state index contributed by atoms with van der Waals surface area (Å²) in [5.41, 5.74) is 1.39. The molecule has 0 saturated carbocycles. The molecule has 0 N–H and O–H groups in total. The summed E-state index contributed by atoms with van der Waals surface area (Å²) in [6.07, 6.45) is 1.09. The summed E-state index contributed by atoms with van der Waals surface area (Å²) in [7, 11) is -3.39. The molecule has 1 heterocycles. The predicted octanol–water partition coefficient (Wildman–Crippen LogP) is 3.34. The van der Waals surface area contributed by atoms with Crippen molar-refractivity contribution in [3.05, 3.63) is 40.2 Å². The molecule has 18 heavy (non-hydrogen) atoms. The van der Waals surface area contributed by atoms with Gasteiger partial charge in [-0.1, -0.05) is 29.8 Å². The van der Waals surface area contributed by atoms with E-state index in [0.717, 1.165) is 17.6 Å². The molecule has 0 aliphatic carbocycles. The van der Waals surface area contributed by atoms with Crippen LogP contribution in [-0.2, 0) is 9.84 Å². The number of hydrogen-bond acceptors (Lipinski definition) is 4. The van der Waals surface area contributed by atoms with Crippen molar-refractivity contribution in [1.82, 2.24) is 0 Å². The van der Waals surface area contributed by atoms with Gasteiger partial charge in [-0.25, -0.2) is 8.42 Å². The second-order valence-electron chi connectivity index (χ2n) is 3.68. The lowest BCUT2D eigenvalue weighted by atomic mass is 10.1. The van der Waals surface area contributed by atoms with E-state index in [1.165, 1.54) is 0 Å². The maximum atomic E-state index is 11.6. The van der Waals surface area contributed by atoms with E-state index in [-0.39, 0.29) is 9.77 Å². The van der Waals surface area contributed by atoms with Crippen molar-refractivity contribution >= 4 is 32.8 Å². The van der Waals surface area contributed by atoms with Gasteiger partial charge in [0, 0.05) is 27.8 Å². The van der Waals surface area contributed by atoms with E-state index in [1.54, 1.807) is 29.6 Å². The summed E-state index contributed by atoms with van der Waals surface area (Å²) in [4.78, 5) is 0. The summed E-state index contributed by atoms with van der Waals surface area (Å²) < 4.78 is 23.2. The minimum absolute atomic E-state index is 0.0833. The van der Waals surface area contributed by atoms with Gasteiger partial charge < -0.3 is 0 Å². The van der Waals surface area contributed by atoms with Crippen LogP contribution >= 0.6 is 22.9 Å². The number of halogens is 1. The zero-order chi connectivity index (χ0) is 13.3. The minimum atomic E-state index is -3.39. The average Bonchev–Trinajstić information content (AvgIpc) is 2.72. The predicted molar refractivity (Wildman–Crippen MR) is 72.6 cm³/mol. The van der Waals surface area contributed by atoms with Crippen molar-refractivity contribution in [2.24, 2.45) is 0 Å². The normalized spacial score (nSPS) is 11.2. The molecule has 0 spiro atoms. The molecule has 0 fully saturated rings. The monoisotopic (exact) mass is 297 g/mol. The van der Waals surface area contributed by atoms with Crippen LogP contribution in [0.3, 0.4) is 0 Å².